The normalized spacial score (nSPS) is 10.8. The van der Waals surface area contributed by atoms with Gasteiger partial charge in [0.25, 0.3) is 5.91 Å². The van der Waals surface area contributed by atoms with Gasteiger partial charge in [0.05, 0.1) is 16.9 Å². The van der Waals surface area contributed by atoms with Crippen LogP contribution in [-0.2, 0) is 0 Å². The summed E-state index contributed by atoms with van der Waals surface area (Å²) in [7, 11) is 0. The molecule has 1 heterocycles. The number of hydrogen-bond donors (Lipinski definition) is 1. The van der Waals surface area contributed by atoms with Crippen LogP contribution in [0.2, 0.25) is 5.02 Å². The van der Waals surface area contributed by atoms with E-state index in [9.17, 15) is 9.18 Å². The van der Waals surface area contributed by atoms with Gasteiger partial charge >= 0.3 is 0 Å². The molecule has 0 aliphatic carbocycles. The first kappa shape index (κ1) is 15.4. The molecule has 0 bridgehead atoms. The van der Waals surface area contributed by atoms with Gasteiger partial charge in [-0.1, -0.05) is 31.5 Å². The summed E-state index contributed by atoms with van der Waals surface area (Å²) in [6, 6.07) is 4.55. The monoisotopic (exact) mass is 307 g/mol. The van der Waals surface area contributed by atoms with Gasteiger partial charge in [-0.15, -0.1) is 0 Å². The third kappa shape index (κ3) is 3.55. The quantitative estimate of drug-likeness (QED) is 0.934. The number of rotatable bonds is 3. The van der Waals surface area contributed by atoms with Gasteiger partial charge in [-0.05, 0) is 24.6 Å². The number of nitrogens with zero attached hydrogens (tertiary/aromatic N) is 2. The van der Waals surface area contributed by atoms with Gasteiger partial charge in [0.15, 0.2) is 5.69 Å². The largest absolute Gasteiger partial charge is 0.318 e. The molecule has 6 heteroatoms. The number of aryl methyl sites for hydroxylation is 1. The zero-order valence-electron chi connectivity index (χ0n) is 11.9. The van der Waals surface area contributed by atoms with Crippen LogP contribution >= 0.6 is 11.6 Å². The van der Waals surface area contributed by atoms with Crippen molar-refractivity contribution in [1.82, 2.24) is 9.97 Å². The standard InChI is InChI=1S/C15H15ClFN3O/c1-8(2)14-18-7-10(16)13(20-14)15(21)19-12-5-4-9(3)6-11(12)17/h4-8H,1-3H3,(H,19,21). The zero-order chi connectivity index (χ0) is 15.6. The Hall–Kier alpha value is -2.01. The van der Waals surface area contributed by atoms with Crippen molar-refractivity contribution in [1.29, 1.82) is 0 Å². The first-order chi connectivity index (χ1) is 9.88. The Labute approximate surface area is 127 Å². The number of benzene rings is 1. The van der Waals surface area contributed by atoms with E-state index < -0.39 is 11.7 Å². The van der Waals surface area contributed by atoms with Gasteiger partial charge in [-0.2, -0.15) is 0 Å². The number of carbonyl (C=O) groups excluding carboxylic acids is 1. The van der Waals surface area contributed by atoms with E-state index in [4.69, 9.17) is 11.6 Å². The van der Waals surface area contributed by atoms with Gasteiger partial charge in [-0.3, -0.25) is 4.79 Å². The van der Waals surface area contributed by atoms with Crippen molar-refractivity contribution < 1.29 is 9.18 Å². The summed E-state index contributed by atoms with van der Waals surface area (Å²) >= 11 is 5.95. The van der Waals surface area contributed by atoms with Gasteiger partial charge < -0.3 is 5.32 Å². The molecule has 1 N–H and O–H groups in total. The second kappa shape index (κ2) is 6.18. The van der Waals surface area contributed by atoms with Crippen molar-refractivity contribution in [2.24, 2.45) is 0 Å². The summed E-state index contributed by atoms with van der Waals surface area (Å²) in [6.45, 7) is 5.58. The number of halogens is 2. The summed E-state index contributed by atoms with van der Waals surface area (Å²) in [5.41, 5.74) is 0.898. The highest BCUT2D eigenvalue weighted by Crippen LogP contribution is 2.20. The maximum atomic E-state index is 13.8. The van der Waals surface area contributed by atoms with Gasteiger partial charge in [0, 0.05) is 5.92 Å². The molecule has 0 saturated heterocycles. The van der Waals surface area contributed by atoms with E-state index >= 15 is 0 Å². The zero-order valence-corrected chi connectivity index (χ0v) is 12.7. The van der Waals surface area contributed by atoms with Crippen LogP contribution in [0.15, 0.2) is 24.4 Å². The van der Waals surface area contributed by atoms with Crippen LogP contribution < -0.4 is 5.32 Å². The Morgan fingerprint density at radius 3 is 2.71 bits per heavy atom. The van der Waals surface area contributed by atoms with Gasteiger partial charge in [0.2, 0.25) is 0 Å². The molecule has 0 aliphatic rings. The molecule has 4 nitrogen and oxygen atoms in total. The van der Waals surface area contributed by atoms with Gasteiger partial charge in [-0.25, -0.2) is 14.4 Å². The first-order valence-electron chi connectivity index (χ1n) is 6.48. The molecule has 1 aromatic heterocycles. The summed E-state index contributed by atoms with van der Waals surface area (Å²) in [5.74, 6) is -0.497. The van der Waals surface area contributed by atoms with Crippen molar-refractivity contribution in [3.8, 4) is 0 Å². The number of nitrogens with one attached hydrogen (secondary N) is 1. The second-order valence-corrected chi connectivity index (χ2v) is 5.42. The lowest BCUT2D eigenvalue weighted by Gasteiger charge is -2.10. The Kier molecular flexibility index (Phi) is 4.53. The lowest BCUT2D eigenvalue weighted by atomic mass is 10.2. The Balaban J connectivity index is 2.30. The fourth-order valence-electron chi connectivity index (χ4n) is 1.72. The van der Waals surface area contributed by atoms with Crippen molar-refractivity contribution in [3.05, 3.63) is 52.3 Å². The van der Waals surface area contributed by atoms with Crippen molar-refractivity contribution in [2.45, 2.75) is 26.7 Å². The van der Waals surface area contributed by atoms with Crippen LogP contribution in [-0.4, -0.2) is 15.9 Å². The fourth-order valence-corrected chi connectivity index (χ4v) is 1.90. The minimum absolute atomic E-state index is 0.0374. The maximum absolute atomic E-state index is 13.8. The molecule has 0 radical (unpaired) electrons. The lowest BCUT2D eigenvalue weighted by Crippen LogP contribution is -2.17. The molecule has 0 spiro atoms. The van der Waals surface area contributed by atoms with Crippen LogP contribution in [0.5, 0.6) is 0 Å². The molecule has 21 heavy (non-hydrogen) atoms. The fraction of sp³-hybridized carbons (Fsp3) is 0.267. The molecular weight excluding hydrogens is 293 g/mol. The van der Waals surface area contributed by atoms with E-state index in [-0.39, 0.29) is 22.3 Å². The van der Waals surface area contributed by atoms with Crippen LogP contribution in [0.25, 0.3) is 0 Å². The average Bonchev–Trinajstić information content (AvgIpc) is 2.42. The summed E-state index contributed by atoms with van der Waals surface area (Å²) in [5, 5.41) is 2.60. The topological polar surface area (TPSA) is 54.9 Å². The molecule has 1 amide bonds. The molecular formula is C15H15ClFN3O. The highest BCUT2D eigenvalue weighted by atomic mass is 35.5. The average molecular weight is 308 g/mol. The lowest BCUT2D eigenvalue weighted by molar-refractivity contribution is 0.102. The van der Waals surface area contributed by atoms with Crippen molar-refractivity contribution in [2.75, 3.05) is 5.32 Å². The summed E-state index contributed by atoms with van der Waals surface area (Å²) in [6.07, 6.45) is 1.38. The summed E-state index contributed by atoms with van der Waals surface area (Å²) < 4.78 is 13.8. The molecule has 1 aromatic carbocycles. The predicted octanol–water partition coefficient (Wildman–Crippen LogP) is 3.95. The number of carbonyl (C=O) groups is 1. The SMILES string of the molecule is Cc1ccc(NC(=O)c2nc(C(C)C)ncc2Cl)c(F)c1. The highest BCUT2D eigenvalue weighted by Gasteiger charge is 2.17. The molecule has 0 aliphatic heterocycles. The predicted molar refractivity (Wildman–Crippen MR) is 80.2 cm³/mol. The number of hydrogen-bond acceptors (Lipinski definition) is 3. The minimum Gasteiger partial charge on any atom is -0.318 e. The van der Waals surface area contributed by atoms with Crippen LogP contribution in [0.3, 0.4) is 0 Å². The molecule has 2 rings (SSSR count). The third-order valence-corrected chi connectivity index (χ3v) is 3.14. The van der Waals surface area contributed by atoms with Crippen LogP contribution in [0, 0.1) is 12.7 Å². The Bertz CT molecular complexity index is 689. The van der Waals surface area contributed by atoms with E-state index in [0.29, 0.717) is 5.82 Å². The third-order valence-electron chi connectivity index (χ3n) is 2.87. The van der Waals surface area contributed by atoms with Crippen LogP contribution in [0.4, 0.5) is 10.1 Å². The highest BCUT2D eigenvalue weighted by molar-refractivity contribution is 6.33. The molecule has 0 unspecified atom stereocenters. The minimum atomic E-state index is -0.563. The molecule has 110 valence electrons. The molecule has 0 fully saturated rings. The van der Waals surface area contributed by atoms with E-state index in [1.165, 1.54) is 18.3 Å². The number of aromatic nitrogens is 2. The van der Waals surface area contributed by atoms with Crippen LogP contribution in [0.1, 0.15) is 41.6 Å². The Morgan fingerprint density at radius 2 is 2.10 bits per heavy atom. The van der Waals surface area contributed by atoms with Crippen molar-refractivity contribution in [3.63, 3.8) is 0 Å². The Morgan fingerprint density at radius 1 is 1.38 bits per heavy atom. The van der Waals surface area contributed by atoms with E-state index in [1.54, 1.807) is 13.0 Å². The maximum Gasteiger partial charge on any atom is 0.276 e. The van der Waals surface area contributed by atoms with Gasteiger partial charge in [0.1, 0.15) is 11.6 Å². The first-order valence-corrected chi connectivity index (χ1v) is 6.86. The second-order valence-electron chi connectivity index (χ2n) is 5.02. The smallest absolute Gasteiger partial charge is 0.276 e. The number of amides is 1. The van der Waals surface area contributed by atoms with Crippen molar-refractivity contribution >= 4 is 23.2 Å². The summed E-state index contributed by atoms with van der Waals surface area (Å²) in [4.78, 5) is 20.4. The number of anilines is 1. The molecule has 0 saturated carbocycles. The van der Waals surface area contributed by atoms with E-state index in [0.717, 1.165) is 5.56 Å². The van der Waals surface area contributed by atoms with E-state index in [1.807, 2.05) is 13.8 Å². The van der Waals surface area contributed by atoms with E-state index in [2.05, 4.69) is 15.3 Å². The molecule has 0 atom stereocenters. The molecule has 2 aromatic rings.